The number of rotatable bonds is 6. The summed E-state index contributed by atoms with van der Waals surface area (Å²) >= 11 is 0. The van der Waals surface area contributed by atoms with Gasteiger partial charge in [0.1, 0.15) is 23.6 Å². The van der Waals surface area contributed by atoms with E-state index in [-0.39, 0.29) is 11.9 Å². The van der Waals surface area contributed by atoms with E-state index in [9.17, 15) is 9.90 Å². The molecule has 7 heteroatoms. The van der Waals surface area contributed by atoms with Crippen LogP contribution in [0.4, 0.5) is 0 Å². The van der Waals surface area contributed by atoms with Gasteiger partial charge >= 0.3 is 5.97 Å². The van der Waals surface area contributed by atoms with Crippen molar-refractivity contribution in [2.75, 3.05) is 13.1 Å². The minimum Gasteiger partial charge on any atom is -0.490 e. The van der Waals surface area contributed by atoms with Crippen molar-refractivity contribution >= 4 is 28.4 Å². The number of benzene rings is 3. The number of carboxylic acids is 1. The number of fused-ring (bicyclic) bond motifs is 1. The summed E-state index contributed by atoms with van der Waals surface area (Å²) in [4.78, 5) is 14.2. The SMILES string of the molecule is CC(=N)N1CCC(Oc2ccc(C(C(=O)O)c3ccc4ccc(C(=N)N)cc4c3)cc2)CC1. The predicted octanol–water partition coefficient (Wildman–Crippen LogP) is 4.18. The number of carbonyl (C=O) groups is 1. The van der Waals surface area contributed by atoms with Crippen molar-refractivity contribution < 1.29 is 14.6 Å². The third-order valence-electron chi connectivity index (χ3n) is 6.19. The van der Waals surface area contributed by atoms with Crippen molar-refractivity contribution in [3.05, 3.63) is 77.4 Å². The van der Waals surface area contributed by atoms with Crippen molar-refractivity contribution in [3.63, 3.8) is 0 Å². The summed E-state index contributed by atoms with van der Waals surface area (Å²) in [6.45, 7) is 3.43. The Labute approximate surface area is 192 Å². The standard InChI is InChI=1S/C26H28N4O3/c1-16(27)30-12-10-23(11-13-30)33-22-8-6-18(7-9-22)24(26(31)32)19-4-2-17-3-5-20(25(28)29)15-21(17)14-19/h2-9,14-15,23-24,27H,10-13H2,1H3,(H3,28,29)(H,31,32). The van der Waals surface area contributed by atoms with Crippen LogP contribution in [0.15, 0.2) is 60.7 Å². The Balaban J connectivity index is 1.53. The minimum atomic E-state index is -0.930. The number of nitrogens with one attached hydrogen (secondary N) is 2. The van der Waals surface area contributed by atoms with Crippen molar-refractivity contribution in [1.29, 1.82) is 10.8 Å². The summed E-state index contributed by atoms with van der Waals surface area (Å²) in [6.07, 6.45) is 1.81. The number of hydrogen-bond acceptors (Lipinski definition) is 4. The molecule has 0 bridgehead atoms. The zero-order chi connectivity index (χ0) is 23.5. The maximum Gasteiger partial charge on any atom is 0.315 e. The van der Waals surface area contributed by atoms with Crippen LogP contribution in [0.2, 0.25) is 0 Å². The Morgan fingerprint density at radius 3 is 2.24 bits per heavy atom. The third kappa shape index (κ3) is 4.98. The van der Waals surface area contributed by atoms with Gasteiger partial charge in [-0.25, -0.2) is 0 Å². The largest absolute Gasteiger partial charge is 0.490 e. The van der Waals surface area contributed by atoms with Gasteiger partial charge in [-0.05, 0) is 53.1 Å². The van der Waals surface area contributed by atoms with E-state index < -0.39 is 11.9 Å². The molecular weight excluding hydrogens is 416 g/mol. The second kappa shape index (κ2) is 9.32. The Hall–Kier alpha value is -3.87. The number of ether oxygens (including phenoxy) is 1. The molecule has 7 nitrogen and oxygen atoms in total. The first kappa shape index (κ1) is 22.3. The fraction of sp³-hybridized carbons (Fsp3) is 0.269. The topological polar surface area (TPSA) is 123 Å². The molecule has 33 heavy (non-hydrogen) atoms. The van der Waals surface area contributed by atoms with E-state index >= 15 is 0 Å². The lowest BCUT2D eigenvalue weighted by molar-refractivity contribution is -0.137. The second-order valence-electron chi connectivity index (χ2n) is 8.46. The van der Waals surface area contributed by atoms with Gasteiger partial charge in [-0.1, -0.05) is 36.4 Å². The third-order valence-corrected chi connectivity index (χ3v) is 6.19. The smallest absolute Gasteiger partial charge is 0.315 e. The second-order valence-corrected chi connectivity index (χ2v) is 8.46. The van der Waals surface area contributed by atoms with Crippen molar-refractivity contribution in [2.24, 2.45) is 5.73 Å². The summed E-state index contributed by atoms with van der Waals surface area (Å²) in [5, 5.41) is 27.2. The van der Waals surface area contributed by atoms with Gasteiger partial charge in [0.15, 0.2) is 0 Å². The predicted molar refractivity (Wildman–Crippen MR) is 130 cm³/mol. The Morgan fingerprint density at radius 1 is 1.00 bits per heavy atom. The van der Waals surface area contributed by atoms with Crippen LogP contribution in [-0.4, -0.2) is 46.8 Å². The molecule has 1 unspecified atom stereocenters. The lowest BCUT2D eigenvalue weighted by Crippen LogP contribution is -2.40. The Morgan fingerprint density at radius 2 is 1.64 bits per heavy atom. The molecule has 5 N–H and O–H groups in total. The van der Waals surface area contributed by atoms with E-state index in [4.69, 9.17) is 21.3 Å². The van der Waals surface area contributed by atoms with E-state index in [1.54, 1.807) is 25.1 Å². The summed E-state index contributed by atoms with van der Waals surface area (Å²) < 4.78 is 6.10. The van der Waals surface area contributed by atoms with Crippen molar-refractivity contribution in [1.82, 2.24) is 4.90 Å². The molecule has 3 aromatic rings. The number of aliphatic carboxylic acids is 1. The number of nitrogens with two attached hydrogens (primary N) is 1. The maximum atomic E-state index is 12.2. The molecule has 4 rings (SSSR count). The quantitative estimate of drug-likeness (QED) is 0.335. The van der Waals surface area contributed by atoms with Gasteiger partial charge in [0, 0.05) is 31.5 Å². The van der Waals surface area contributed by atoms with E-state index in [0.29, 0.717) is 22.5 Å². The van der Waals surface area contributed by atoms with E-state index in [1.807, 2.05) is 47.4 Å². The van der Waals surface area contributed by atoms with Gasteiger partial charge < -0.3 is 20.5 Å². The van der Waals surface area contributed by atoms with Crippen LogP contribution in [0.25, 0.3) is 10.8 Å². The number of carboxylic acid groups (broad SMARTS) is 1. The molecule has 1 aliphatic heterocycles. The molecule has 1 aliphatic rings. The van der Waals surface area contributed by atoms with Gasteiger partial charge in [-0.2, -0.15) is 0 Å². The van der Waals surface area contributed by atoms with Crippen LogP contribution in [-0.2, 0) is 4.79 Å². The molecule has 1 fully saturated rings. The number of likely N-dealkylation sites (tertiary alicyclic amines) is 1. The summed E-state index contributed by atoms with van der Waals surface area (Å²) in [6, 6.07) is 18.3. The molecule has 0 radical (unpaired) electrons. The van der Waals surface area contributed by atoms with Crippen LogP contribution in [0.3, 0.4) is 0 Å². The van der Waals surface area contributed by atoms with E-state index in [1.165, 1.54) is 0 Å². The lowest BCUT2D eigenvalue weighted by atomic mass is 9.89. The molecule has 170 valence electrons. The average Bonchev–Trinajstić information content (AvgIpc) is 2.80. The highest BCUT2D eigenvalue weighted by Gasteiger charge is 2.24. The normalized spacial score (nSPS) is 15.2. The molecule has 0 aromatic heterocycles. The first-order valence-corrected chi connectivity index (χ1v) is 11.0. The molecule has 0 amide bonds. The van der Waals surface area contributed by atoms with Gasteiger partial charge in [0.05, 0.1) is 5.84 Å². The lowest BCUT2D eigenvalue weighted by Gasteiger charge is -2.32. The zero-order valence-corrected chi connectivity index (χ0v) is 18.5. The maximum absolute atomic E-state index is 12.2. The summed E-state index contributed by atoms with van der Waals surface area (Å²) in [5.41, 5.74) is 7.55. The van der Waals surface area contributed by atoms with E-state index in [2.05, 4.69) is 0 Å². The van der Waals surface area contributed by atoms with Crippen molar-refractivity contribution in [2.45, 2.75) is 31.8 Å². The Bertz CT molecular complexity index is 1200. The molecule has 0 spiro atoms. The average molecular weight is 445 g/mol. The number of hydrogen-bond donors (Lipinski definition) is 4. The number of amidine groups is 2. The molecule has 1 saturated heterocycles. The zero-order valence-electron chi connectivity index (χ0n) is 18.5. The Kier molecular flexibility index (Phi) is 6.31. The summed E-state index contributed by atoms with van der Waals surface area (Å²) in [5.74, 6) is -0.462. The monoisotopic (exact) mass is 444 g/mol. The fourth-order valence-corrected chi connectivity index (χ4v) is 4.33. The minimum absolute atomic E-state index is 0.0219. The van der Waals surface area contributed by atoms with Crippen LogP contribution in [0.5, 0.6) is 5.75 Å². The molecule has 0 saturated carbocycles. The van der Waals surface area contributed by atoms with Gasteiger partial charge in [-0.3, -0.25) is 15.6 Å². The first-order valence-electron chi connectivity index (χ1n) is 11.0. The van der Waals surface area contributed by atoms with Crippen LogP contribution >= 0.6 is 0 Å². The molecule has 0 aliphatic carbocycles. The number of nitrogen functional groups attached to an aromatic ring is 1. The molecule has 3 aromatic carbocycles. The molecule has 1 atom stereocenters. The molecule has 1 heterocycles. The fourth-order valence-electron chi connectivity index (χ4n) is 4.33. The highest BCUT2D eigenvalue weighted by atomic mass is 16.5. The van der Waals surface area contributed by atoms with Crippen molar-refractivity contribution in [3.8, 4) is 5.75 Å². The first-order chi connectivity index (χ1) is 15.8. The van der Waals surface area contributed by atoms with Gasteiger partial charge in [0.25, 0.3) is 0 Å². The highest BCUT2D eigenvalue weighted by Crippen LogP contribution is 2.30. The van der Waals surface area contributed by atoms with E-state index in [0.717, 1.165) is 42.5 Å². The van der Waals surface area contributed by atoms with Crippen LogP contribution in [0, 0.1) is 10.8 Å². The van der Waals surface area contributed by atoms with Gasteiger partial charge in [-0.15, -0.1) is 0 Å². The molecular formula is C26H28N4O3. The summed E-state index contributed by atoms with van der Waals surface area (Å²) in [7, 11) is 0. The van der Waals surface area contributed by atoms with Crippen LogP contribution in [0.1, 0.15) is 42.4 Å². The number of nitrogens with zero attached hydrogens (tertiary/aromatic N) is 1. The van der Waals surface area contributed by atoms with Crippen LogP contribution < -0.4 is 10.5 Å². The highest BCUT2D eigenvalue weighted by molar-refractivity contribution is 5.99. The number of piperidine rings is 1. The van der Waals surface area contributed by atoms with Gasteiger partial charge in [0.2, 0.25) is 0 Å².